The molecule has 0 fully saturated rings. The molecule has 0 aliphatic carbocycles. The van der Waals surface area contributed by atoms with Crippen molar-refractivity contribution in [3.05, 3.63) is 35.3 Å². The fraction of sp³-hybridized carbons (Fsp3) is 0.333. The van der Waals surface area contributed by atoms with Crippen molar-refractivity contribution in [3.63, 3.8) is 0 Å². The van der Waals surface area contributed by atoms with E-state index in [0.717, 1.165) is 12.0 Å². The number of rotatable bonds is 2. The SMILES string of the molecule is CC1=CCCN(C(=O)c2ccc(C(=O)O)o2)C1. The second-order valence-electron chi connectivity index (χ2n) is 4.03. The van der Waals surface area contributed by atoms with Crippen LogP contribution in [0.2, 0.25) is 0 Å². The van der Waals surface area contributed by atoms with Crippen molar-refractivity contribution < 1.29 is 19.1 Å². The Balaban J connectivity index is 2.14. The van der Waals surface area contributed by atoms with Crippen LogP contribution in [0.3, 0.4) is 0 Å². The van der Waals surface area contributed by atoms with E-state index in [1.807, 2.05) is 6.92 Å². The lowest BCUT2D eigenvalue weighted by Gasteiger charge is -2.25. The summed E-state index contributed by atoms with van der Waals surface area (Å²) < 4.78 is 4.99. The van der Waals surface area contributed by atoms with E-state index in [2.05, 4.69) is 6.08 Å². The molecule has 1 aliphatic rings. The van der Waals surface area contributed by atoms with Crippen molar-refractivity contribution in [2.75, 3.05) is 13.1 Å². The van der Waals surface area contributed by atoms with Crippen molar-refractivity contribution in [1.29, 1.82) is 0 Å². The molecule has 1 aromatic heterocycles. The molecule has 0 radical (unpaired) electrons. The Kier molecular flexibility index (Phi) is 2.99. The van der Waals surface area contributed by atoms with Crippen molar-refractivity contribution in [2.45, 2.75) is 13.3 Å². The lowest BCUT2D eigenvalue weighted by atomic mass is 10.1. The molecule has 0 aromatic carbocycles. The third kappa shape index (κ3) is 2.38. The maximum atomic E-state index is 12.0. The highest BCUT2D eigenvalue weighted by Crippen LogP contribution is 2.15. The zero-order chi connectivity index (χ0) is 12.4. The van der Waals surface area contributed by atoms with Crippen LogP contribution >= 0.6 is 0 Å². The van der Waals surface area contributed by atoms with Crippen LogP contribution in [-0.2, 0) is 0 Å². The molecule has 0 unspecified atom stereocenters. The molecule has 5 nitrogen and oxygen atoms in total. The van der Waals surface area contributed by atoms with Gasteiger partial charge in [0, 0.05) is 13.1 Å². The van der Waals surface area contributed by atoms with Crippen LogP contribution in [0, 0.1) is 0 Å². The number of carbonyl (C=O) groups is 2. The topological polar surface area (TPSA) is 70.8 Å². The Morgan fingerprint density at radius 2 is 2.06 bits per heavy atom. The molecular weight excluding hydrogens is 222 g/mol. The van der Waals surface area contributed by atoms with E-state index in [1.54, 1.807) is 4.90 Å². The van der Waals surface area contributed by atoms with E-state index in [-0.39, 0.29) is 17.4 Å². The van der Waals surface area contributed by atoms with Gasteiger partial charge < -0.3 is 14.4 Å². The smallest absolute Gasteiger partial charge is 0.371 e. The van der Waals surface area contributed by atoms with Crippen LogP contribution < -0.4 is 0 Å². The predicted molar refractivity (Wildman–Crippen MR) is 59.9 cm³/mol. The van der Waals surface area contributed by atoms with Gasteiger partial charge in [-0.2, -0.15) is 0 Å². The van der Waals surface area contributed by atoms with Gasteiger partial charge in [0.2, 0.25) is 5.76 Å². The van der Waals surface area contributed by atoms with Gasteiger partial charge in [-0.3, -0.25) is 4.79 Å². The molecule has 0 bridgehead atoms. The van der Waals surface area contributed by atoms with Crippen molar-refractivity contribution in [1.82, 2.24) is 4.90 Å². The molecule has 1 aliphatic heterocycles. The lowest BCUT2D eigenvalue weighted by molar-refractivity contribution is 0.0651. The maximum Gasteiger partial charge on any atom is 0.371 e. The third-order valence-corrected chi connectivity index (χ3v) is 2.65. The minimum atomic E-state index is -1.17. The first-order valence-corrected chi connectivity index (χ1v) is 5.36. The zero-order valence-electron chi connectivity index (χ0n) is 9.47. The fourth-order valence-corrected chi connectivity index (χ4v) is 1.81. The van der Waals surface area contributed by atoms with Gasteiger partial charge in [0.15, 0.2) is 5.76 Å². The second kappa shape index (κ2) is 4.45. The van der Waals surface area contributed by atoms with Crippen molar-refractivity contribution in [3.8, 4) is 0 Å². The zero-order valence-corrected chi connectivity index (χ0v) is 9.47. The molecule has 1 amide bonds. The first-order valence-electron chi connectivity index (χ1n) is 5.36. The first-order chi connectivity index (χ1) is 8.08. The Bertz CT molecular complexity index is 486. The van der Waals surface area contributed by atoms with Gasteiger partial charge in [-0.25, -0.2) is 4.79 Å². The van der Waals surface area contributed by atoms with Gasteiger partial charge >= 0.3 is 5.97 Å². The molecule has 2 rings (SSSR count). The van der Waals surface area contributed by atoms with Gasteiger partial charge in [0.25, 0.3) is 5.91 Å². The summed E-state index contributed by atoms with van der Waals surface area (Å²) in [5.74, 6) is -1.56. The molecule has 2 heterocycles. The minimum absolute atomic E-state index is 0.0806. The monoisotopic (exact) mass is 235 g/mol. The Morgan fingerprint density at radius 1 is 1.35 bits per heavy atom. The highest BCUT2D eigenvalue weighted by atomic mass is 16.4. The first kappa shape index (κ1) is 11.4. The Labute approximate surface area is 98.3 Å². The van der Waals surface area contributed by atoms with Crippen LogP contribution in [-0.4, -0.2) is 35.0 Å². The summed E-state index contributed by atoms with van der Waals surface area (Å²) in [5.41, 5.74) is 1.13. The van der Waals surface area contributed by atoms with Crippen LogP contribution in [0.5, 0.6) is 0 Å². The van der Waals surface area contributed by atoms with Gasteiger partial charge in [0.05, 0.1) is 0 Å². The van der Waals surface area contributed by atoms with Gasteiger partial charge in [0.1, 0.15) is 0 Å². The van der Waals surface area contributed by atoms with Crippen LogP contribution in [0.25, 0.3) is 0 Å². The number of furan rings is 1. The quantitative estimate of drug-likeness (QED) is 0.793. The standard InChI is InChI=1S/C12H13NO4/c1-8-3-2-6-13(7-8)11(14)9-4-5-10(17-9)12(15)16/h3-5H,2,6-7H2,1H3,(H,15,16). The highest BCUT2D eigenvalue weighted by molar-refractivity contribution is 5.93. The Hall–Kier alpha value is -2.04. The summed E-state index contributed by atoms with van der Waals surface area (Å²) in [6.45, 7) is 3.17. The molecular formula is C12H13NO4. The molecule has 0 atom stereocenters. The lowest BCUT2D eigenvalue weighted by Crippen LogP contribution is -2.35. The van der Waals surface area contributed by atoms with E-state index < -0.39 is 5.97 Å². The van der Waals surface area contributed by atoms with E-state index >= 15 is 0 Å². The maximum absolute atomic E-state index is 12.0. The minimum Gasteiger partial charge on any atom is -0.475 e. The summed E-state index contributed by atoms with van der Waals surface area (Å²) in [6, 6.07) is 2.70. The second-order valence-corrected chi connectivity index (χ2v) is 4.03. The number of carbonyl (C=O) groups excluding carboxylic acids is 1. The highest BCUT2D eigenvalue weighted by Gasteiger charge is 2.22. The summed E-state index contributed by atoms with van der Waals surface area (Å²) in [6.07, 6.45) is 2.92. The molecule has 5 heteroatoms. The molecule has 90 valence electrons. The molecule has 0 saturated heterocycles. The van der Waals surface area contributed by atoms with Crippen molar-refractivity contribution >= 4 is 11.9 Å². The number of carboxylic acids is 1. The van der Waals surface area contributed by atoms with Crippen LogP contribution in [0.4, 0.5) is 0 Å². The largest absolute Gasteiger partial charge is 0.475 e. The normalized spacial score (nSPS) is 15.6. The number of amides is 1. The van der Waals surface area contributed by atoms with Gasteiger partial charge in [-0.15, -0.1) is 0 Å². The van der Waals surface area contributed by atoms with E-state index in [9.17, 15) is 9.59 Å². The molecule has 17 heavy (non-hydrogen) atoms. The number of aromatic carboxylic acids is 1. The number of hydrogen-bond donors (Lipinski definition) is 1. The molecule has 0 spiro atoms. The van der Waals surface area contributed by atoms with Crippen LogP contribution in [0.1, 0.15) is 34.5 Å². The summed E-state index contributed by atoms with van der Waals surface area (Å²) in [5, 5.41) is 8.70. The predicted octanol–water partition coefficient (Wildman–Crippen LogP) is 1.77. The average molecular weight is 235 g/mol. The molecule has 0 saturated carbocycles. The van der Waals surface area contributed by atoms with Gasteiger partial charge in [-0.1, -0.05) is 11.6 Å². The summed E-state index contributed by atoms with van der Waals surface area (Å²) in [7, 11) is 0. The molecule has 1 N–H and O–H groups in total. The number of hydrogen-bond acceptors (Lipinski definition) is 3. The van der Waals surface area contributed by atoms with Gasteiger partial charge in [-0.05, 0) is 25.5 Å². The van der Waals surface area contributed by atoms with Crippen molar-refractivity contribution in [2.24, 2.45) is 0 Å². The van der Waals surface area contributed by atoms with E-state index in [1.165, 1.54) is 12.1 Å². The molecule has 1 aromatic rings. The number of carboxylic acid groups (broad SMARTS) is 1. The number of nitrogens with zero attached hydrogens (tertiary/aromatic N) is 1. The van der Waals surface area contributed by atoms with E-state index in [0.29, 0.717) is 13.1 Å². The fourth-order valence-electron chi connectivity index (χ4n) is 1.81. The van der Waals surface area contributed by atoms with E-state index in [4.69, 9.17) is 9.52 Å². The third-order valence-electron chi connectivity index (χ3n) is 2.65. The average Bonchev–Trinajstić information content (AvgIpc) is 2.77. The van der Waals surface area contributed by atoms with Crippen LogP contribution in [0.15, 0.2) is 28.2 Å². The summed E-state index contributed by atoms with van der Waals surface area (Å²) >= 11 is 0. The summed E-state index contributed by atoms with van der Waals surface area (Å²) in [4.78, 5) is 24.3. The Morgan fingerprint density at radius 3 is 2.65 bits per heavy atom.